The molecule has 0 saturated carbocycles. The summed E-state index contributed by atoms with van der Waals surface area (Å²) in [6, 6.07) is 13.1. The molecule has 154 valence electrons. The number of benzene rings is 3. The van der Waals surface area contributed by atoms with Crippen molar-refractivity contribution in [1.29, 1.82) is 0 Å². The van der Waals surface area contributed by atoms with Crippen molar-refractivity contribution in [3.05, 3.63) is 42.3 Å². The second kappa shape index (κ2) is 7.98. The zero-order valence-corrected chi connectivity index (χ0v) is 17.6. The molecule has 0 aliphatic rings. The van der Waals surface area contributed by atoms with Gasteiger partial charge in [-0.25, -0.2) is 4.98 Å². The fourth-order valence-electron chi connectivity index (χ4n) is 4.28. The van der Waals surface area contributed by atoms with E-state index in [2.05, 4.69) is 46.5 Å². The van der Waals surface area contributed by atoms with E-state index in [4.69, 9.17) is 8.83 Å². The minimum absolute atomic E-state index is 0.604. The van der Waals surface area contributed by atoms with Gasteiger partial charge >= 0.3 is 0 Å². The van der Waals surface area contributed by atoms with E-state index in [0.29, 0.717) is 11.9 Å². The van der Waals surface area contributed by atoms with Crippen molar-refractivity contribution in [2.75, 3.05) is 11.9 Å². The molecule has 1 N–H and O–H groups in total. The Bertz CT molecular complexity index is 1330. The Morgan fingerprint density at radius 2 is 1.30 bits per heavy atom. The van der Waals surface area contributed by atoms with Gasteiger partial charge < -0.3 is 14.2 Å². The summed E-state index contributed by atoms with van der Waals surface area (Å²) in [5.74, 6) is 0.685. The van der Waals surface area contributed by atoms with Crippen molar-refractivity contribution in [3.8, 4) is 0 Å². The monoisotopic (exact) mass is 401 g/mol. The topological polar surface area (TPSA) is 64.1 Å². The van der Waals surface area contributed by atoms with Gasteiger partial charge in [-0.2, -0.15) is 4.98 Å². The van der Waals surface area contributed by atoms with Gasteiger partial charge in [-0.15, -0.1) is 0 Å². The van der Waals surface area contributed by atoms with Crippen LogP contribution in [-0.4, -0.2) is 16.5 Å². The minimum atomic E-state index is 0.604. The Balaban J connectivity index is 1.43. The number of hydrogen-bond acceptors (Lipinski definition) is 5. The minimum Gasteiger partial charge on any atom is -0.440 e. The Morgan fingerprint density at radius 1 is 0.700 bits per heavy atom. The molecule has 0 amide bonds. The third-order valence-electron chi connectivity index (χ3n) is 5.81. The Labute approximate surface area is 175 Å². The number of fused-ring (bicyclic) bond motifs is 7. The van der Waals surface area contributed by atoms with Gasteiger partial charge in [0.1, 0.15) is 11.0 Å². The smallest absolute Gasteiger partial charge is 0.295 e. The SMILES string of the molecule is CCCCCCCCNc1nc2ccc3c4ccc5nc(C)oc5c4ccc3c2o1. The van der Waals surface area contributed by atoms with Gasteiger partial charge in [0.05, 0.1) is 0 Å². The molecule has 5 heteroatoms. The number of nitrogens with zero attached hydrogens (tertiary/aromatic N) is 2. The summed E-state index contributed by atoms with van der Waals surface area (Å²) in [4.78, 5) is 9.09. The van der Waals surface area contributed by atoms with Crippen LogP contribution in [0.5, 0.6) is 0 Å². The molecule has 5 nitrogen and oxygen atoms in total. The maximum Gasteiger partial charge on any atom is 0.295 e. The van der Waals surface area contributed by atoms with Gasteiger partial charge in [0.25, 0.3) is 6.01 Å². The Kier molecular flexibility index (Phi) is 5.03. The predicted octanol–water partition coefficient (Wildman–Crippen LogP) is 7.36. The first kappa shape index (κ1) is 18.9. The average Bonchev–Trinajstić information content (AvgIpc) is 3.35. The number of aryl methyl sites for hydroxylation is 1. The first-order chi connectivity index (χ1) is 14.7. The number of unbranched alkanes of at least 4 members (excludes halogenated alkanes) is 5. The maximum absolute atomic E-state index is 6.11. The first-order valence-corrected chi connectivity index (χ1v) is 11.0. The molecule has 2 aromatic heterocycles. The molecule has 0 saturated heterocycles. The highest BCUT2D eigenvalue weighted by Gasteiger charge is 2.14. The lowest BCUT2D eigenvalue weighted by Crippen LogP contribution is -2.01. The fourth-order valence-corrected chi connectivity index (χ4v) is 4.28. The maximum atomic E-state index is 6.11. The van der Waals surface area contributed by atoms with Gasteiger partial charge in [-0.3, -0.25) is 0 Å². The summed E-state index contributed by atoms with van der Waals surface area (Å²) in [6.07, 6.45) is 7.64. The highest BCUT2D eigenvalue weighted by Crippen LogP contribution is 2.35. The van der Waals surface area contributed by atoms with Crippen molar-refractivity contribution < 1.29 is 8.83 Å². The van der Waals surface area contributed by atoms with Crippen LogP contribution in [-0.2, 0) is 0 Å². The average molecular weight is 402 g/mol. The van der Waals surface area contributed by atoms with Crippen LogP contribution in [0.3, 0.4) is 0 Å². The van der Waals surface area contributed by atoms with Crippen LogP contribution < -0.4 is 5.32 Å². The predicted molar refractivity (Wildman–Crippen MR) is 123 cm³/mol. The Hall–Kier alpha value is -3.08. The molecule has 0 aliphatic carbocycles. The van der Waals surface area contributed by atoms with Crippen molar-refractivity contribution >= 4 is 49.8 Å². The van der Waals surface area contributed by atoms with Crippen LogP contribution >= 0.6 is 0 Å². The van der Waals surface area contributed by atoms with Crippen molar-refractivity contribution in [3.63, 3.8) is 0 Å². The molecule has 0 radical (unpaired) electrons. The van der Waals surface area contributed by atoms with Crippen molar-refractivity contribution in [2.45, 2.75) is 52.4 Å². The summed E-state index contributed by atoms with van der Waals surface area (Å²) in [5, 5.41) is 7.76. The highest BCUT2D eigenvalue weighted by atomic mass is 16.4. The molecule has 2 heterocycles. The lowest BCUT2D eigenvalue weighted by molar-refractivity contribution is 0.563. The van der Waals surface area contributed by atoms with Crippen LogP contribution in [0.15, 0.2) is 45.2 Å². The van der Waals surface area contributed by atoms with E-state index in [9.17, 15) is 0 Å². The second-order valence-corrected chi connectivity index (χ2v) is 8.03. The highest BCUT2D eigenvalue weighted by molar-refractivity contribution is 6.19. The van der Waals surface area contributed by atoms with Gasteiger partial charge in [-0.1, -0.05) is 51.2 Å². The van der Waals surface area contributed by atoms with Gasteiger partial charge in [0.2, 0.25) is 0 Å². The third kappa shape index (κ3) is 3.38. The molecule has 0 atom stereocenters. The number of nitrogens with one attached hydrogen (secondary N) is 1. The summed E-state index contributed by atoms with van der Waals surface area (Å²) < 4.78 is 12.0. The molecule has 0 fully saturated rings. The van der Waals surface area contributed by atoms with Crippen LogP contribution in [0.2, 0.25) is 0 Å². The first-order valence-electron chi connectivity index (χ1n) is 11.0. The molecule has 0 bridgehead atoms. The van der Waals surface area contributed by atoms with Crippen molar-refractivity contribution in [2.24, 2.45) is 0 Å². The summed E-state index contributed by atoms with van der Waals surface area (Å²) in [7, 11) is 0. The van der Waals surface area contributed by atoms with E-state index in [1.807, 2.05) is 19.1 Å². The molecule has 0 unspecified atom stereocenters. The molecule has 5 aromatic rings. The number of anilines is 1. The van der Waals surface area contributed by atoms with Crippen LogP contribution in [0.4, 0.5) is 6.01 Å². The van der Waals surface area contributed by atoms with Crippen LogP contribution in [0.1, 0.15) is 51.3 Å². The van der Waals surface area contributed by atoms with Gasteiger partial charge in [0, 0.05) is 24.2 Å². The largest absolute Gasteiger partial charge is 0.440 e. The quantitative estimate of drug-likeness (QED) is 0.217. The molecule has 0 spiro atoms. The molecular weight excluding hydrogens is 374 g/mol. The third-order valence-corrected chi connectivity index (χ3v) is 5.81. The van der Waals surface area contributed by atoms with E-state index in [0.717, 1.165) is 56.7 Å². The second-order valence-electron chi connectivity index (χ2n) is 8.03. The number of rotatable bonds is 8. The van der Waals surface area contributed by atoms with E-state index in [1.165, 1.54) is 32.1 Å². The van der Waals surface area contributed by atoms with Gasteiger partial charge in [0.15, 0.2) is 17.1 Å². The van der Waals surface area contributed by atoms with Crippen molar-refractivity contribution in [1.82, 2.24) is 9.97 Å². The molecule has 30 heavy (non-hydrogen) atoms. The lowest BCUT2D eigenvalue weighted by Gasteiger charge is -2.04. The summed E-state index contributed by atoms with van der Waals surface area (Å²) in [6.45, 7) is 5.02. The number of oxazole rings is 2. The number of aromatic nitrogens is 2. The standard InChI is InChI=1S/C25H27N3O2/c1-3-4-5-6-7-8-15-26-25-28-22-14-12-18-17-11-13-21-23(29-16(2)27-21)19(17)9-10-20(18)24(22)30-25/h9-14H,3-8,15H2,1-2H3,(H,26,28). The molecule has 0 aliphatic heterocycles. The summed E-state index contributed by atoms with van der Waals surface area (Å²) >= 11 is 0. The number of hydrogen-bond donors (Lipinski definition) is 1. The van der Waals surface area contributed by atoms with Crippen LogP contribution in [0, 0.1) is 6.92 Å². The van der Waals surface area contributed by atoms with Crippen LogP contribution in [0.25, 0.3) is 43.7 Å². The zero-order chi connectivity index (χ0) is 20.5. The molecule has 5 rings (SSSR count). The Morgan fingerprint density at radius 3 is 2.03 bits per heavy atom. The van der Waals surface area contributed by atoms with E-state index in [-0.39, 0.29) is 0 Å². The van der Waals surface area contributed by atoms with E-state index < -0.39 is 0 Å². The normalized spacial score (nSPS) is 11.9. The molecular formula is C25H27N3O2. The van der Waals surface area contributed by atoms with E-state index in [1.54, 1.807) is 0 Å². The van der Waals surface area contributed by atoms with Gasteiger partial charge in [-0.05, 0) is 41.5 Å². The molecule has 3 aromatic carbocycles. The lowest BCUT2D eigenvalue weighted by atomic mass is 10.0. The fraction of sp³-hybridized carbons (Fsp3) is 0.360. The van der Waals surface area contributed by atoms with E-state index >= 15 is 0 Å². The zero-order valence-electron chi connectivity index (χ0n) is 17.6. The summed E-state index contributed by atoms with van der Waals surface area (Å²) in [5.41, 5.74) is 3.43.